The fraction of sp³-hybridized carbons (Fsp3) is 0.111. The Morgan fingerprint density at radius 2 is 1.87 bits per heavy atom. The molecule has 2 amide bonds. The molecule has 4 nitrogen and oxygen atoms in total. The van der Waals surface area contributed by atoms with E-state index in [0.717, 1.165) is 5.56 Å². The lowest BCUT2D eigenvalue weighted by atomic mass is 10.2. The Kier molecular flexibility index (Phi) is 5.63. The molecule has 0 aliphatic heterocycles. The first-order valence-corrected chi connectivity index (χ1v) is 7.11. The van der Waals surface area contributed by atoms with Gasteiger partial charge >= 0.3 is 0 Å². The number of carbonyl (C=O) groups is 2. The van der Waals surface area contributed by atoms with Crippen molar-refractivity contribution in [2.45, 2.75) is 6.92 Å². The van der Waals surface area contributed by atoms with Crippen molar-refractivity contribution in [3.63, 3.8) is 0 Å². The smallest absolute Gasteiger partial charge is 0.244 e. The van der Waals surface area contributed by atoms with E-state index in [1.54, 1.807) is 13.0 Å². The molecule has 0 spiro atoms. The molecule has 0 fully saturated rings. The molecule has 2 aromatic carbocycles. The highest BCUT2D eigenvalue weighted by Crippen LogP contribution is 2.15. The maximum Gasteiger partial charge on any atom is 0.244 e. The van der Waals surface area contributed by atoms with Crippen LogP contribution in [0.4, 0.5) is 10.1 Å². The average molecular weight is 312 g/mol. The summed E-state index contributed by atoms with van der Waals surface area (Å²) in [6.45, 7) is 1.54. The molecule has 0 unspecified atom stereocenters. The molecule has 0 saturated heterocycles. The average Bonchev–Trinajstić information content (AvgIpc) is 2.54. The first-order valence-electron chi connectivity index (χ1n) is 7.11. The highest BCUT2D eigenvalue weighted by atomic mass is 19.1. The van der Waals surface area contributed by atoms with Gasteiger partial charge in [-0.15, -0.1) is 0 Å². The summed E-state index contributed by atoms with van der Waals surface area (Å²) in [6, 6.07) is 13.5. The van der Waals surface area contributed by atoms with Gasteiger partial charge in [0.1, 0.15) is 5.82 Å². The van der Waals surface area contributed by atoms with Crippen LogP contribution in [0.3, 0.4) is 0 Å². The molecule has 2 aromatic rings. The predicted octanol–water partition coefficient (Wildman–Crippen LogP) is 2.90. The van der Waals surface area contributed by atoms with E-state index in [1.807, 2.05) is 30.3 Å². The topological polar surface area (TPSA) is 58.2 Å². The van der Waals surface area contributed by atoms with Gasteiger partial charge in [0.2, 0.25) is 11.8 Å². The Hall–Kier alpha value is -2.95. The second-order valence-electron chi connectivity index (χ2n) is 4.97. The minimum absolute atomic E-state index is 0.158. The molecule has 23 heavy (non-hydrogen) atoms. The van der Waals surface area contributed by atoms with Crippen LogP contribution in [0, 0.1) is 12.7 Å². The quantitative estimate of drug-likeness (QED) is 0.834. The van der Waals surface area contributed by atoms with Crippen LogP contribution in [0.25, 0.3) is 6.08 Å². The van der Waals surface area contributed by atoms with E-state index in [-0.39, 0.29) is 24.2 Å². The number of halogens is 1. The Morgan fingerprint density at radius 3 is 2.57 bits per heavy atom. The van der Waals surface area contributed by atoms with Gasteiger partial charge in [0.05, 0.1) is 6.54 Å². The monoisotopic (exact) mass is 312 g/mol. The normalized spacial score (nSPS) is 10.5. The Balaban J connectivity index is 1.82. The van der Waals surface area contributed by atoms with Gasteiger partial charge in [-0.2, -0.15) is 0 Å². The van der Waals surface area contributed by atoms with Gasteiger partial charge in [0.15, 0.2) is 0 Å². The molecule has 0 heterocycles. The number of hydrogen-bond donors (Lipinski definition) is 2. The number of aryl methyl sites for hydroxylation is 1. The SMILES string of the molecule is Cc1cc(F)ccc1NC(=O)CNC(=O)/C=C/c1ccccc1. The molecule has 0 aliphatic carbocycles. The summed E-state index contributed by atoms with van der Waals surface area (Å²) in [5, 5.41) is 5.11. The minimum Gasteiger partial charge on any atom is -0.343 e. The van der Waals surface area contributed by atoms with E-state index >= 15 is 0 Å². The standard InChI is InChI=1S/C18H17FN2O2/c1-13-11-15(19)8-9-16(13)21-18(23)12-20-17(22)10-7-14-5-3-2-4-6-14/h2-11H,12H2,1H3,(H,20,22)(H,21,23)/b10-7+. The zero-order valence-electron chi connectivity index (χ0n) is 12.7. The van der Waals surface area contributed by atoms with Crippen LogP contribution in [0.15, 0.2) is 54.6 Å². The summed E-state index contributed by atoms with van der Waals surface area (Å²) < 4.78 is 13.0. The number of rotatable bonds is 5. The maximum atomic E-state index is 13.0. The molecule has 118 valence electrons. The third-order valence-electron chi connectivity index (χ3n) is 3.11. The molecule has 0 radical (unpaired) electrons. The molecule has 0 atom stereocenters. The predicted molar refractivity (Wildman–Crippen MR) is 88.3 cm³/mol. The van der Waals surface area contributed by atoms with Crippen molar-refractivity contribution >= 4 is 23.6 Å². The van der Waals surface area contributed by atoms with Crippen LogP contribution in [0.5, 0.6) is 0 Å². The van der Waals surface area contributed by atoms with E-state index in [1.165, 1.54) is 24.3 Å². The third-order valence-corrected chi connectivity index (χ3v) is 3.11. The zero-order chi connectivity index (χ0) is 16.7. The summed E-state index contributed by atoms with van der Waals surface area (Å²) in [7, 11) is 0. The summed E-state index contributed by atoms with van der Waals surface area (Å²) in [4.78, 5) is 23.4. The van der Waals surface area contributed by atoms with E-state index in [2.05, 4.69) is 10.6 Å². The van der Waals surface area contributed by atoms with Crippen LogP contribution >= 0.6 is 0 Å². The molecular formula is C18H17FN2O2. The summed E-state index contributed by atoms with van der Waals surface area (Å²) in [5.41, 5.74) is 2.04. The molecule has 0 bridgehead atoms. The van der Waals surface area contributed by atoms with Crippen molar-refractivity contribution < 1.29 is 14.0 Å². The van der Waals surface area contributed by atoms with Crippen molar-refractivity contribution in [2.75, 3.05) is 11.9 Å². The summed E-state index contributed by atoms with van der Waals surface area (Å²) in [5.74, 6) is -1.10. The van der Waals surface area contributed by atoms with Crippen molar-refractivity contribution in [3.05, 3.63) is 71.6 Å². The second-order valence-corrected chi connectivity index (χ2v) is 4.97. The van der Waals surface area contributed by atoms with Crippen molar-refractivity contribution in [1.82, 2.24) is 5.32 Å². The van der Waals surface area contributed by atoms with Gasteiger partial charge in [0, 0.05) is 11.8 Å². The molecule has 2 N–H and O–H groups in total. The fourth-order valence-corrected chi connectivity index (χ4v) is 1.92. The molecular weight excluding hydrogens is 295 g/mol. The molecule has 0 aromatic heterocycles. The Labute approximate surface area is 134 Å². The van der Waals surface area contributed by atoms with Gasteiger partial charge in [0.25, 0.3) is 0 Å². The van der Waals surface area contributed by atoms with Crippen LogP contribution in [0.2, 0.25) is 0 Å². The highest BCUT2D eigenvalue weighted by molar-refractivity contribution is 5.98. The maximum absolute atomic E-state index is 13.0. The lowest BCUT2D eigenvalue weighted by Crippen LogP contribution is -2.31. The number of hydrogen-bond acceptors (Lipinski definition) is 2. The Morgan fingerprint density at radius 1 is 1.13 bits per heavy atom. The zero-order valence-corrected chi connectivity index (χ0v) is 12.7. The van der Waals surface area contributed by atoms with Gasteiger partial charge in [-0.1, -0.05) is 30.3 Å². The van der Waals surface area contributed by atoms with E-state index in [9.17, 15) is 14.0 Å². The van der Waals surface area contributed by atoms with Crippen LogP contribution < -0.4 is 10.6 Å². The largest absolute Gasteiger partial charge is 0.343 e. The van der Waals surface area contributed by atoms with Crippen molar-refractivity contribution in [1.29, 1.82) is 0 Å². The lowest BCUT2D eigenvalue weighted by Gasteiger charge is -2.08. The van der Waals surface area contributed by atoms with E-state index < -0.39 is 0 Å². The fourth-order valence-electron chi connectivity index (χ4n) is 1.92. The third kappa shape index (κ3) is 5.39. The number of benzene rings is 2. The van der Waals surface area contributed by atoms with Gasteiger partial charge < -0.3 is 10.6 Å². The first kappa shape index (κ1) is 16.4. The number of amides is 2. The van der Waals surface area contributed by atoms with Gasteiger partial charge in [-0.05, 0) is 42.3 Å². The van der Waals surface area contributed by atoms with Crippen molar-refractivity contribution in [2.24, 2.45) is 0 Å². The Bertz CT molecular complexity index is 727. The summed E-state index contributed by atoms with van der Waals surface area (Å²) in [6.07, 6.45) is 3.03. The van der Waals surface area contributed by atoms with Crippen molar-refractivity contribution in [3.8, 4) is 0 Å². The number of nitrogens with one attached hydrogen (secondary N) is 2. The van der Waals surface area contributed by atoms with Gasteiger partial charge in [-0.25, -0.2) is 4.39 Å². The van der Waals surface area contributed by atoms with Crippen LogP contribution in [-0.4, -0.2) is 18.4 Å². The van der Waals surface area contributed by atoms with Crippen LogP contribution in [-0.2, 0) is 9.59 Å². The lowest BCUT2D eigenvalue weighted by molar-refractivity contribution is -0.121. The summed E-state index contributed by atoms with van der Waals surface area (Å²) >= 11 is 0. The van der Waals surface area contributed by atoms with Crippen LogP contribution in [0.1, 0.15) is 11.1 Å². The molecule has 0 saturated carbocycles. The molecule has 5 heteroatoms. The second kappa shape index (κ2) is 7.89. The van der Waals surface area contributed by atoms with E-state index in [4.69, 9.17) is 0 Å². The number of carbonyl (C=O) groups excluding carboxylic acids is 2. The van der Waals surface area contributed by atoms with Gasteiger partial charge in [-0.3, -0.25) is 9.59 Å². The van der Waals surface area contributed by atoms with E-state index in [0.29, 0.717) is 11.3 Å². The highest BCUT2D eigenvalue weighted by Gasteiger charge is 2.06. The molecule has 2 rings (SSSR count). The first-order chi connectivity index (χ1) is 11.0. The number of anilines is 1. The molecule has 0 aliphatic rings. The minimum atomic E-state index is -0.374.